The molecule has 6 nitrogen and oxygen atoms in total. The molecular weight excluding hydrogens is 262 g/mol. The zero-order valence-corrected chi connectivity index (χ0v) is 10.1. The van der Waals surface area contributed by atoms with Crippen LogP contribution >= 0.6 is 11.6 Å². The van der Waals surface area contributed by atoms with Crippen LogP contribution in [0.5, 0.6) is 5.75 Å². The van der Waals surface area contributed by atoms with Gasteiger partial charge >= 0.3 is 5.97 Å². The fourth-order valence-electron chi connectivity index (χ4n) is 1.05. The number of nitrogens with one attached hydrogen (secondary N) is 1. The van der Waals surface area contributed by atoms with Crippen molar-refractivity contribution >= 4 is 23.5 Å². The third-order valence-corrected chi connectivity index (χ3v) is 2.29. The number of ether oxygens (including phenoxy) is 1. The molecule has 1 amide bonds. The smallest absolute Gasteiger partial charge is 0.334 e. The van der Waals surface area contributed by atoms with Crippen LogP contribution in [-0.4, -0.2) is 41.3 Å². The second kappa shape index (κ2) is 6.83. The van der Waals surface area contributed by atoms with E-state index in [1.165, 1.54) is 0 Å². The van der Waals surface area contributed by atoms with Crippen LogP contribution in [0.15, 0.2) is 24.3 Å². The van der Waals surface area contributed by atoms with E-state index >= 15 is 0 Å². The van der Waals surface area contributed by atoms with Gasteiger partial charge in [0, 0.05) is 0 Å². The van der Waals surface area contributed by atoms with Crippen molar-refractivity contribution in [2.75, 3.05) is 13.2 Å². The maximum Gasteiger partial charge on any atom is 0.334 e. The van der Waals surface area contributed by atoms with E-state index in [0.29, 0.717) is 10.8 Å². The first-order chi connectivity index (χ1) is 8.50. The molecule has 0 aromatic heterocycles. The van der Waals surface area contributed by atoms with E-state index in [1.807, 2.05) is 0 Å². The molecule has 1 aromatic carbocycles. The number of halogens is 1. The quantitative estimate of drug-likeness (QED) is 0.692. The number of amides is 1. The van der Waals surface area contributed by atoms with Crippen molar-refractivity contribution in [1.29, 1.82) is 0 Å². The lowest BCUT2D eigenvalue weighted by molar-refractivity contribution is -0.146. The van der Waals surface area contributed by atoms with E-state index in [2.05, 4.69) is 5.32 Å². The lowest BCUT2D eigenvalue weighted by Crippen LogP contribution is -2.38. The van der Waals surface area contributed by atoms with E-state index in [1.54, 1.807) is 24.3 Å². The van der Waals surface area contributed by atoms with Gasteiger partial charge < -0.3 is 20.3 Å². The van der Waals surface area contributed by atoms with Crippen LogP contribution in [0.25, 0.3) is 0 Å². The van der Waals surface area contributed by atoms with E-state index in [-0.39, 0.29) is 13.2 Å². The van der Waals surface area contributed by atoms with Crippen molar-refractivity contribution in [3.05, 3.63) is 29.3 Å². The fourth-order valence-corrected chi connectivity index (χ4v) is 1.24. The summed E-state index contributed by atoms with van der Waals surface area (Å²) in [5, 5.41) is 19.9. The summed E-state index contributed by atoms with van der Waals surface area (Å²) < 4.78 is 5.12. The molecule has 1 rings (SSSR count). The Balaban J connectivity index is 2.34. The molecule has 0 fully saturated rings. The summed E-state index contributed by atoms with van der Waals surface area (Å²) in [5.74, 6) is -1.59. The second-order valence-corrected chi connectivity index (χ2v) is 3.78. The average molecular weight is 274 g/mol. The van der Waals surface area contributed by atoms with Crippen LogP contribution in [0.4, 0.5) is 0 Å². The monoisotopic (exact) mass is 273 g/mol. The number of hydrogen-bond acceptors (Lipinski definition) is 4. The second-order valence-electron chi connectivity index (χ2n) is 3.38. The van der Waals surface area contributed by atoms with Crippen LogP contribution in [0.1, 0.15) is 0 Å². The highest BCUT2D eigenvalue weighted by Gasteiger charge is 2.14. The molecule has 0 aliphatic heterocycles. The molecule has 1 atom stereocenters. The molecule has 1 aromatic rings. The Morgan fingerprint density at radius 1 is 1.39 bits per heavy atom. The van der Waals surface area contributed by atoms with Gasteiger partial charge in [-0.3, -0.25) is 4.79 Å². The van der Waals surface area contributed by atoms with Crippen LogP contribution in [-0.2, 0) is 9.59 Å². The summed E-state index contributed by atoms with van der Waals surface area (Å²) in [6.45, 7) is -0.684. The van der Waals surface area contributed by atoms with Crippen LogP contribution < -0.4 is 10.1 Å². The van der Waals surface area contributed by atoms with E-state index in [9.17, 15) is 9.59 Å². The summed E-state index contributed by atoms with van der Waals surface area (Å²) in [6, 6.07) is 6.64. The summed E-state index contributed by atoms with van der Waals surface area (Å²) in [5.41, 5.74) is 0. The Hall–Kier alpha value is -1.79. The minimum absolute atomic E-state index is 0.309. The van der Waals surface area contributed by atoms with Crippen molar-refractivity contribution in [2.45, 2.75) is 6.10 Å². The number of hydrogen-bond donors (Lipinski definition) is 3. The van der Waals surface area contributed by atoms with Gasteiger partial charge in [-0.25, -0.2) is 4.79 Å². The van der Waals surface area contributed by atoms with Gasteiger partial charge in [0.1, 0.15) is 5.75 Å². The van der Waals surface area contributed by atoms with E-state index in [0.717, 1.165) is 0 Å². The summed E-state index contributed by atoms with van der Waals surface area (Å²) in [6.07, 6.45) is -1.63. The van der Waals surface area contributed by atoms with Gasteiger partial charge in [-0.2, -0.15) is 0 Å². The van der Waals surface area contributed by atoms with Gasteiger partial charge in [0.2, 0.25) is 0 Å². The van der Waals surface area contributed by atoms with Crippen molar-refractivity contribution in [1.82, 2.24) is 5.32 Å². The van der Waals surface area contributed by atoms with Crippen molar-refractivity contribution < 1.29 is 24.5 Å². The number of aliphatic hydroxyl groups is 1. The molecule has 18 heavy (non-hydrogen) atoms. The Labute approximate surface area is 108 Å². The van der Waals surface area contributed by atoms with Gasteiger partial charge in [-0.1, -0.05) is 23.7 Å². The van der Waals surface area contributed by atoms with E-state index in [4.69, 9.17) is 26.6 Å². The first-order valence-corrected chi connectivity index (χ1v) is 5.43. The van der Waals surface area contributed by atoms with Gasteiger partial charge in [0.25, 0.3) is 5.91 Å². The highest BCUT2D eigenvalue weighted by atomic mass is 35.5. The molecule has 0 saturated heterocycles. The average Bonchev–Trinajstić information content (AvgIpc) is 2.34. The van der Waals surface area contributed by atoms with Gasteiger partial charge in [-0.15, -0.1) is 0 Å². The highest BCUT2D eigenvalue weighted by Crippen LogP contribution is 2.22. The Morgan fingerprint density at radius 3 is 2.67 bits per heavy atom. The van der Waals surface area contributed by atoms with Gasteiger partial charge in [-0.05, 0) is 12.1 Å². The molecule has 0 spiro atoms. The maximum atomic E-state index is 11.3. The normalized spacial score (nSPS) is 11.7. The Bertz CT molecular complexity index is 437. The number of carboxylic acid groups (broad SMARTS) is 1. The topological polar surface area (TPSA) is 95.9 Å². The van der Waals surface area contributed by atoms with Gasteiger partial charge in [0.15, 0.2) is 12.7 Å². The third-order valence-electron chi connectivity index (χ3n) is 1.97. The third kappa shape index (κ3) is 4.60. The zero-order chi connectivity index (χ0) is 13.5. The molecule has 0 aliphatic rings. The van der Waals surface area contributed by atoms with Crippen LogP contribution in [0.3, 0.4) is 0 Å². The molecule has 7 heteroatoms. The number of para-hydroxylation sites is 1. The lowest BCUT2D eigenvalue weighted by atomic mass is 10.3. The van der Waals surface area contributed by atoms with Gasteiger partial charge in [0.05, 0.1) is 11.6 Å². The Morgan fingerprint density at radius 2 is 2.06 bits per heavy atom. The fraction of sp³-hybridized carbons (Fsp3) is 0.273. The number of aliphatic carboxylic acids is 1. The highest BCUT2D eigenvalue weighted by molar-refractivity contribution is 6.32. The predicted octanol–water partition coefficient (Wildman–Crippen LogP) is 0.280. The minimum Gasteiger partial charge on any atom is -0.482 e. The molecule has 98 valence electrons. The number of benzene rings is 1. The van der Waals surface area contributed by atoms with E-state index < -0.39 is 18.0 Å². The maximum absolute atomic E-state index is 11.3. The summed E-state index contributed by atoms with van der Waals surface area (Å²) in [7, 11) is 0. The van der Waals surface area contributed by atoms with Crippen molar-refractivity contribution in [3.63, 3.8) is 0 Å². The lowest BCUT2D eigenvalue weighted by Gasteiger charge is -2.09. The molecule has 0 bridgehead atoms. The van der Waals surface area contributed by atoms with Crippen molar-refractivity contribution in [2.24, 2.45) is 0 Å². The largest absolute Gasteiger partial charge is 0.482 e. The number of aliphatic hydroxyl groups excluding tert-OH is 1. The minimum atomic E-state index is -1.63. The number of carboxylic acids is 1. The Kier molecular flexibility index (Phi) is 5.41. The molecule has 0 saturated carbocycles. The summed E-state index contributed by atoms with van der Waals surface area (Å²) >= 11 is 5.80. The standard InChI is InChI=1S/C11H12ClNO5/c12-7-3-1-2-4-9(7)18-6-10(15)13-5-8(14)11(16)17/h1-4,8,14H,5-6H2,(H,13,15)(H,16,17)/t8-/m0/s1. The van der Waals surface area contributed by atoms with Crippen LogP contribution in [0, 0.1) is 0 Å². The summed E-state index contributed by atoms with van der Waals surface area (Å²) in [4.78, 5) is 21.6. The molecular formula is C11H12ClNO5. The molecule has 3 N–H and O–H groups in total. The number of rotatable bonds is 6. The number of carbonyl (C=O) groups is 2. The first kappa shape index (κ1) is 14.3. The van der Waals surface area contributed by atoms with Crippen LogP contribution in [0.2, 0.25) is 5.02 Å². The molecule has 0 aliphatic carbocycles. The first-order valence-electron chi connectivity index (χ1n) is 5.05. The van der Waals surface area contributed by atoms with Crippen molar-refractivity contribution in [3.8, 4) is 5.75 Å². The molecule has 0 radical (unpaired) electrons. The number of carbonyl (C=O) groups excluding carboxylic acids is 1. The predicted molar refractivity (Wildman–Crippen MR) is 63.6 cm³/mol. The zero-order valence-electron chi connectivity index (χ0n) is 9.30. The molecule has 0 unspecified atom stereocenters. The SMILES string of the molecule is O=C(COc1ccccc1Cl)NC[C@H](O)C(=O)O. The molecule has 0 heterocycles.